The van der Waals surface area contributed by atoms with Gasteiger partial charge in [-0.2, -0.15) is 0 Å². The van der Waals surface area contributed by atoms with Crippen molar-refractivity contribution in [3.63, 3.8) is 0 Å². The van der Waals surface area contributed by atoms with Crippen molar-refractivity contribution in [2.45, 2.75) is 18.3 Å². The number of hydrogen-bond donors (Lipinski definition) is 1. The van der Waals surface area contributed by atoms with Gasteiger partial charge in [0.25, 0.3) is 5.69 Å². The van der Waals surface area contributed by atoms with Gasteiger partial charge in [0.05, 0.1) is 16.0 Å². The van der Waals surface area contributed by atoms with Gasteiger partial charge in [-0.05, 0) is 34.3 Å². The molecule has 0 radical (unpaired) electrons. The van der Waals surface area contributed by atoms with Gasteiger partial charge in [0.1, 0.15) is 0 Å². The van der Waals surface area contributed by atoms with E-state index >= 15 is 0 Å². The Morgan fingerprint density at radius 2 is 2.25 bits per heavy atom. The number of nitro benzene ring substituents is 1. The summed E-state index contributed by atoms with van der Waals surface area (Å²) in [6.07, 6.45) is 1.90. The fourth-order valence-electron chi connectivity index (χ4n) is 1.87. The van der Waals surface area contributed by atoms with E-state index in [-0.39, 0.29) is 11.1 Å². The molecule has 86 valence electrons. The standard InChI is InChI=1S/C10H11BrN2O3/c11-9-7(10(4-5-10)6-16-12)2-1-3-8(9)13(14)15/h1-3H,4-6,12H2. The average molecular weight is 287 g/mol. The lowest BCUT2D eigenvalue weighted by Gasteiger charge is -2.15. The van der Waals surface area contributed by atoms with Gasteiger partial charge in [0.15, 0.2) is 0 Å². The molecule has 0 spiro atoms. The topological polar surface area (TPSA) is 78.4 Å². The summed E-state index contributed by atoms with van der Waals surface area (Å²) >= 11 is 3.29. The van der Waals surface area contributed by atoms with Crippen molar-refractivity contribution in [3.05, 3.63) is 38.3 Å². The number of nitro groups is 1. The number of nitrogens with two attached hydrogens (primary N) is 1. The van der Waals surface area contributed by atoms with E-state index < -0.39 is 4.92 Å². The number of halogens is 1. The Morgan fingerprint density at radius 3 is 2.75 bits per heavy atom. The molecule has 1 saturated carbocycles. The highest BCUT2D eigenvalue weighted by Gasteiger charge is 2.46. The average Bonchev–Trinajstić information content (AvgIpc) is 2.99. The summed E-state index contributed by atoms with van der Waals surface area (Å²) < 4.78 is 0.537. The molecule has 5 nitrogen and oxygen atoms in total. The number of benzene rings is 1. The molecule has 1 aliphatic carbocycles. The lowest BCUT2D eigenvalue weighted by Crippen LogP contribution is -2.18. The second-order valence-corrected chi connectivity index (χ2v) is 4.78. The van der Waals surface area contributed by atoms with Gasteiger partial charge in [-0.3, -0.25) is 10.1 Å². The van der Waals surface area contributed by atoms with Crippen LogP contribution in [0.1, 0.15) is 18.4 Å². The van der Waals surface area contributed by atoms with Crippen LogP contribution in [-0.2, 0) is 10.3 Å². The smallest absolute Gasteiger partial charge is 0.283 e. The van der Waals surface area contributed by atoms with Crippen molar-refractivity contribution >= 4 is 21.6 Å². The molecule has 0 heterocycles. The first-order valence-corrected chi connectivity index (χ1v) is 5.65. The van der Waals surface area contributed by atoms with E-state index in [1.807, 2.05) is 6.07 Å². The van der Waals surface area contributed by atoms with Crippen molar-refractivity contribution in [3.8, 4) is 0 Å². The largest absolute Gasteiger partial charge is 0.304 e. The van der Waals surface area contributed by atoms with Crippen LogP contribution in [0.4, 0.5) is 5.69 Å². The first-order valence-electron chi connectivity index (χ1n) is 4.86. The molecule has 6 heteroatoms. The third-order valence-corrected chi connectivity index (χ3v) is 3.79. The molecular weight excluding hydrogens is 276 g/mol. The van der Waals surface area contributed by atoms with E-state index in [2.05, 4.69) is 20.8 Å². The zero-order chi connectivity index (χ0) is 11.8. The molecule has 0 unspecified atom stereocenters. The molecule has 16 heavy (non-hydrogen) atoms. The highest BCUT2D eigenvalue weighted by Crippen LogP contribution is 2.51. The third kappa shape index (κ3) is 1.83. The maximum atomic E-state index is 10.8. The third-order valence-electron chi connectivity index (χ3n) is 2.96. The van der Waals surface area contributed by atoms with Crippen molar-refractivity contribution in [2.75, 3.05) is 6.61 Å². The summed E-state index contributed by atoms with van der Waals surface area (Å²) in [5, 5.41) is 10.8. The minimum Gasteiger partial charge on any atom is -0.304 e. The van der Waals surface area contributed by atoms with Crippen LogP contribution in [-0.4, -0.2) is 11.5 Å². The molecule has 0 amide bonds. The van der Waals surface area contributed by atoms with Crippen LogP contribution in [0, 0.1) is 10.1 Å². The van der Waals surface area contributed by atoms with Gasteiger partial charge in [0.2, 0.25) is 0 Å². The highest BCUT2D eigenvalue weighted by molar-refractivity contribution is 9.10. The summed E-state index contributed by atoms with van der Waals surface area (Å²) in [5.74, 6) is 5.09. The number of nitrogens with zero attached hydrogens (tertiary/aromatic N) is 1. The van der Waals surface area contributed by atoms with E-state index in [0.717, 1.165) is 18.4 Å². The molecule has 1 aromatic rings. The minimum atomic E-state index is -0.396. The van der Waals surface area contributed by atoms with Crippen molar-refractivity contribution < 1.29 is 9.76 Å². The lowest BCUT2D eigenvalue weighted by atomic mass is 9.96. The summed E-state index contributed by atoms with van der Waals surface area (Å²) in [4.78, 5) is 15.1. The fraction of sp³-hybridized carbons (Fsp3) is 0.400. The molecule has 2 rings (SSSR count). The molecule has 0 saturated heterocycles. The van der Waals surface area contributed by atoms with Crippen LogP contribution in [0.5, 0.6) is 0 Å². The zero-order valence-electron chi connectivity index (χ0n) is 8.48. The predicted molar refractivity (Wildman–Crippen MR) is 61.8 cm³/mol. The lowest BCUT2D eigenvalue weighted by molar-refractivity contribution is -0.385. The molecule has 1 aromatic carbocycles. The molecular formula is C10H11BrN2O3. The van der Waals surface area contributed by atoms with Crippen LogP contribution in [0.15, 0.2) is 22.7 Å². The fourth-order valence-corrected chi connectivity index (χ4v) is 2.70. The van der Waals surface area contributed by atoms with E-state index in [1.54, 1.807) is 6.07 Å². The number of rotatable bonds is 4. The SMILES string of the molecule is NOCC1(c2cccc([N+](=O)[O-])c2Br)CC1. The molecule has 1 aliphatic rings. The monoisotopic (exact) mass is 286 g/mol. The number of hydrogen-bond acceptors (Lipinski definition) is 4. The summed E-state index contributed by atoms with van der Waals surface area (Å²) in [5.41, 5.74) is 0.854. The second kappa shape index (κ2) is 4.12. The highest BCUT2D eigenvalue weighted by atomic mass is 79.9. The quantitative estimate of drug-likeness (QED) is 0.680. The molecule has 2 N–H and O–H groups in total. The minimum absolute atomic E-state index is 0.0841. The van der Waals surface area contributed by atoms with E-state index in [1.165, 1.54) is 6.07 Å². The van der Waals surface area contributed by atoms with Crippen LogP contribution < -0.4 is 5.90 Å². The first kappa shape index (κ1) is 11.5. The Balaban J connectivity index is 2.42. The van der Waals surface area contributed by atoms with Gasteiger partial charge >= 0.3 is 0 Å². The van der Waals surface area contributed by atoms with E-state index in [4.69, 9.17) is 5.90 Å². The zero-order valence-corrected chi connectivity index (χ0v) is 10.1. The van der Waals surface area contributed by atoms with E-state index in [9.17, 15) is 10.1 Å². The molecule has 0 bridgehead atoms. The summed E-state index contributed by atoms with van der Waals surface area (Å²) in [6, 6.07) is 5.05. The Labute approximate surface area is 101 Å². The van der Waals surface area contributed by atoms with Crippen LogP contribution in [0.2, 0.25) is 0 Å². The molecule has 0 atom stereocenters. The van der Waals surface area contributed by atoms with Crippen molar-refractivity contribution in [1.82, 2.24) is 0 Å². The Kier molecular flexibility index (Phi) is 2.96. The normalized spacial score (nSPS) is 17.1. The maximum absolute atomic E-state index is 10.8. The summed E-state index contributed by atoms with van der Waals surface area (Å²) in [6.45, 7) is 0.396. The van der Waals surface area contributed by atoms with Gasteiger partial charge in [0, 0.05) is 11.5 Å². The first-order chi connectivity index (χ1) is 7.60. The maximum Gasteiger partial charge on any atom is 0.283 e. The predicted octanol–water partition coefficient (Wildman–Crippen LogP) is 2.28. The van der Waals surface area contributed by atoms with Gasteiger partial charge < -0.3 is 4.84 Å². The molecule has 0 aromatic heterocycles. The Bertz CT molecular complexity index is 432. The van der Waals surface area contributed by atoms with Gasteiger partial charge in [-0.15, -0.1) is 0 Å². The second-order valence-electron chi connectivity index (χ2n) is 3.99. The molecule has 0 aliphatic heterocycles. The van der Waals surface area contributed by atoms with Crippen LogP contribution in [0.3, 0.4) is 0 Å². The van der Waals surface area contributed by atoms with Crippen molar-refractivity contribution in [2.24, 2.45) is 5.90 Å². The van der Waals surface area contributed by atoms with Gasteiger partial charge in [-0.25, -0.2) is 5.90 Å². The van der Waals surface area contributed by atoms with Crippen LogP contribution >= 0.6 is 15.9 Å². The molecule has 1 fully saturated rings. The Morgan fingerprint density at radius 1 is 1.56 bits per heavy atom. The Hall–Kier alpha value is -0.980. The van der Waals surface area contributed by atoms with Crippen molar-refractivity contribution in [1.29, 1.82) is 0 Å². The van der Waals surface area contributed by atoms with Crippen LogP contribution in [0.25, 0.3) is 0 Å². The van der Waals surface area contributed by atoms with E-state index in [0.29, 0.717) is 11.1 Å². The summed E-state index contributed by atoms with van der Waals surface area (Å²) in [7, 11) is 0. The van der Waals surface area contributed by atoms with Gasteiger partial charge in [-0.1, -0.05) is 12.1 Å².